The van der Waals surface area contributed by atoms with Crippen LogP contribution in [0.15, 0.2) is 54.6 Å². The third-order valence-electron chi connectivity index (χ3n) is 8.88. The van der Waals surface area contributed by atoms with Gasteiger partial charge in [0, 0.05) is 48.9 Å². The minimum Gasteiger partial charge on any atom is -0.462 e. The van der Waals surface area contributed by atoms with Crippen molar-refractivity contribution in [2.24, 2.45) is 0 Å². The maximum absolute atomic E-state index is 12.8. The third kappa shape index (κ3) is 5.64. The van der Waals surface area contributed by atoms with Gasteiger partial charge in [0.1, 0.15) is 18.5 Å². The van der Waals surface area contributed by atoms with E-state index in [1.807, 2.05) is 11.8 Å². The second-order valence-electron chi connectivity index (χ2n) is 11.5. The normalized spacial score (nSPS) is 21.1. The number of likely N-dealkylation sites (tertiary alicyclic amines) is 1. The highest BCUT2D eigenvalue weighted by Crippen LogP contribution is 2.35. The lowest BCUT2D eigenvalue weighted by molar-refractivity contribution is -0.128. The number of fused-ring (bicyclic) bond motifs is 2. The SMILES string of the molecule is [C-]#[N+]CC1CN(c2nc(OC[C@@H]3CCCN3C)nc3c2CCN(c2cccc4ccccc24)C3)CCN1C(=O)/C=C/C. The van der Waals surface area contributed by atoms with E-state index in [1.54, 1.807) is 12.2 Å². The number of carbonyl (C=O) groups excluding carboxylic acids is 1. The molecule has 3 aliphatic rings. The van der Waals surface area contributed by atoms with E-state index in [2.05, 4.69) is 69.1 Å². The molecule has 2 saturated heterocycles. The number of allylic oxidation sites excluding steroid dienone is 1. The number of aromatic nitrogens is 2. The number of hydrogen-bond donors (Lipinski definition) is 0. The Morgan fingerprint density at radius 1 is 1.07 bits per heavy atom. The highest BCUT2D eigenvalue weighted by Gasteiger charge is 2.35. The van der Waals surface area contributed by atoms with E-state index >= 15 is 0 Å². The number of hydrogen-bond acceptors (Lipinski definition) is 7. The predicted octanol–water partition coefficient (Wildman–Crippen LogP) is 4.18. The van der Waals surface area contributed by atoms with E-state index in [0.717, 1.165) is 43.0 Å². The molecule has 0 bridgehead atoms. The van der Waals surface area contributed by atoms with Crippen LogP contribution in [0.5, 0.6) is 6.01 Å². The number of ether oxygens (including phenoxy) is 1. The summed E-state index contributed by atoms with van der Waals surface area (Å²) in [5.41, 5.74) is 3.34. The van der Waals surface area contributed by atoms with Gasteiger partial charge in [0.05, 0.1) is 12.2 Å². The van der Waals surface area contributed by atoms with E-state index < -0.39 is 0 Å². The van der Waals surface area contributed by atoms with E-state index in [4.69, 9.17) is 21.3 Å². The fraction of sp³-hybridized carbons (Fsp3) is 0.455. The van der Waals surface area contributed by atoms with Crippen molar-refractivity contribution in [2.75, 3.05) is 62.7 Å². The number of anilines is 2. The summed E-state index contributed by atoms with van der Waals surface area (Å²) < 4.78 is 6.30. The summed E-state index contributed by atoms with van der Waals surface area (Å²) in [5.74, 6) is 0.853. The Morgan fingerprint density at radius 2 is 1.93 bits per heavy atom. The van der Waals surface area contributed by atoms with Crippen LogP contribution in [0, 0.1) is 6.57 Å². The van der Waals surface area contributed by atoms with E-state index in [0.29, 0.717) is 44.8 Å². The molecule has 9 nitrogen and oxygen atoms in total. The smallest absolute Gasteiger partial charge is 0.318 e. The number of amides is 1. The highest BCUT2D eigenvalue weighted by atomic mass is 16.5. The van der Waals surface area contributed by atoms with Crippen molar-refractivity contribution in [3.05, 3.63) is 77.3 Å². The molecule has 1 unspecified atom stereocenters. The van der Waals surface area contributed by atoms with Gasteiger partial charge in [0.15, 0.2) is 0 Å². The van der Waals surface area contributed by atoms with Gasteiger partial charge < -0.3 is 29.2 Å². The molecule has 0 radical (unpaired) electrons. The zero-order valence-corrected chi connectivity index (χ0v) is 24.6. The molecule has 1 amide bonds. The van der Waals surface area contributed by atoms with Gasteiger partial charge in [0.2, 0.25) is 12.5 Å². The maximum atomic E-state index is 12.8. The molecule has 218 valence electrons. The van der Waals surface area contributed by atoms with Gasteiger partial charge in [-0.2, -0.15) is 9.97 Å². The largest absolute Gasteiger partial charge is 0.462 e. The first-order chi connectivity index (χ1) is 20.6. The fourth-order valence-corrected chi connectivity index (χ4v) is 6.60. The van der Waals surface area contributed by atoms with Crippen molar-refractivity contribution in [3.63, 3.8) is 0 Å². The molecule has 9 heteroatoms. The first-order valence-corrected chi connectivity index (χ1v) is 15.0. The first-order valence-electron chi connectivity index (χ1n) is 15.0. The number of rotatable bonds is 7. The Kier molecular flexibility index (Phi) is 8.24. The standard InChI is InChI=1S/C33H39N7O2/c1-4-9-31(41)40-19-18-39(21-26(40)20-34-2)32-28-15-17-38(30-14-7-11-24-10-5-6-13-27(24)30)22-29(28)35-33(36-32)42-23-25-12-8-16-37(25)3/h4-7,9-11,13-14,25-26H,8,12,15-23H2,1,3H3/b9-4+/t25-,26?/m0/s1. The number of carbonyl (C=O) groups is 1. The maximum Gasteiger partial charge on any atom is 0.318 e. The summed E-state index contributed by atoms with van der Waals surface area (Å²) in [6, 6.07) is 15.6. The van der Waals surface area contributed by atoms with Gasteiger partial charge in [-0.25, -0.2) is 6.57 Å². The lowest BCUT2D eigenvalue weighted by Crippen LogP contribution is -2.56. The van der Waals surface area contributed by atoms with Crippen LogP contribution in [0.3, 0.4) is 0 Å². The Bertz CT molecular complexity index is 1510. The van der Waals surface area contributed by atoms with Crippen LogP contribution >= 0.6 is 0 Å². The highest BCUT2D eigenvalue weighted by molar-refractivity contribution is 5.94. The van der Waals surface area contributed by atoms with Gasteiger partial charge in [-0.1, -0.05) is 42.5 Å². The molecule has 2 aromatic carbocycles. The van der Waals surface area contributed by atoms with Crippen LogP contribution in [-0.4, -0.2) is 90.7 Å². The molecule has 2 atom stereocenters. The summed E-state index contributed by atoms with van der Waals surface area (Å²) >= 11 is 0. The molecule has 4 heterocycles. The summed E-state index contributed by atoms with van der Waals surface area (Å²) in [7, 11) is 2.15. The van der Waals surface area contributed by atoms with Gasteiger partial charge in [0.25, 0.3) is 0 Å². The first kappa shape index (κ1) is 28.0. The third-order valence-corrected chi connectivity index (χ3v) is 8.88. The van der Waals surface area contributed by atoms with Crippen molar-refractivity contribution in [2.45, 2.75) is 44.8 Å². The monoisotopic (exact) mass is 565 g/mol. The van der Waals surface area contributed by atoms with Crippen LogP contribution in [0.1, 0.15) is 31.0 Å². The van der Waals surface area contributed by atoms with Crippen molar-refractivity contribution in [1.29, 1.82) is 0 Å². The molecule has 1 aromatic heterocycles. The van der Waals surface area contributed by atoms with Gasteiger partial charge in [-0.3, -0.25) is 4.79 Å². The predicted molar refractivity (Wildman–Crippen MR) is 166 cm³/mol. The van der Waals surface area contributed by atoms with Crippen LogP contribution < -0.4 is 14.5 Å². The fourth-order valence-electron chi connectivity index (χ4n) is 6.60. The Balaban J connectivity index is 1.32. The van der Waals surface area contributed by atoms with Gasteiger partial charge in [-0.05, 0) is 57.3 Å². The molecule has 3 aliphatic heterocycles. The van der Waals surface area contributed by atoms with Crippen molar-refractivity contribution < 1.29 is 9.53 Å². The lowest BCUT2D eigenvalue weighted by Gasteiger charge is -2.41. The molecule has 0 aliphatic carbocycles. The van der Waals surface area contributed by atoms with Crippen LogP contribution in [0.25, 0.3) is 15.6 Å². The minimum absolute atomic E-state index is 0.0362. The second-order valence-corrected chi connectivity index (χ2v) is 11.5. The Labute approximate surface area is 248 Å². The van der Waals surface area contributed by atoms with E-state index in [1.165, 1.54) is 22.9 Å². The zero-order chi connectivity index (χ0) is 29.1. The van der Waals surface area contributed by atoms with Crippen LogP contribution in [0.2, 0.25) is 0 Å². The molecule has 3 aromatic rings. The van der Waals surface area contributed by atoms with Gasteiger partial charge >= 0.3 is 6.01 Å². The van der Waals surface area contributed by atoms with E-state index in [-0.39, 0.29) is 18.5 Å². The topological polar surface area (TPSA) is 69.4 Å². The average molecular weight is 566 g/mol. The summed E-state index contributed by atoms with van der Waals surface area (Å²) in [5, 5.41) is 2.47. The number of benzene rings is 2. The molecular formula is C33H39N7O2. The molecule has 0 saturated carbocycles. The number of nitrogens with zero attached hydrogens (tertiary/aromatic N) is 7. The summed E-state index contributed by atoms with van der Waals surface area (Å²) in [6.07, 6.45) is 6.46. The number of likely N-dealkylation sites (N-methyl/N-ethyl adjacent to an activating group) is 1. The molecule has 2 fully saturated rings. The van der Waals surface area contributed by atoms with Gasteiger partial charge in [-0.15, -0.1) is 0 Å². The quantitative estimate of drug-likeness (QED) is 0.315. The molecule has 42 heavy (non-hydrogen) atoms. The molecule has 0 spiro atoms. The zero-order valence-electron chi connectivity index (χ0n) is 24.6. The lowest BCUT2D eigenvalue weighted by atomic mass is 10.0. The van der Waals surface area contributed by atoms with Crippen LogP contribution in [-0.2, 0) is 17.8 Å². The van der Waals surface area contributed by atoms with Crippen molar-refractivity contribution >= 4 is 28.2 Å². The second kappa shape index (κ2) is 12.4. The minimum atomic E-state index is -0.196. The molecule has 0 N–H and O–H groups in total. The Morgan fingerprint density at radius 3 is 2.74 bits per heavy atom. The van der Waals surface area contributed by atoms with Crippen molar-refractivity contribution in [1.82, 2.24) is 19.8 Å². The van der Waals surface area contributed by atoms with Crippen molar-refractivity contribution in [3.8, 4) is 6.01 Å². The summed E-state index contributed by atoms with van der Waals surface area (Å²) in [6.45, 7) is 14.6. The van der Waals surface area contributed by atoms with Crippen LogP contribution in [0.4, 0.5) is 11.5 Å². The average Bonchev–Trinajstić information content (AvgIpc) is 3.43. The molecule has 6 rings (SSSR count). The molecular weight excluding hydrogens is 526 g/mol. The van der Waals surface area contributed by atoms with E-state index in [9.17, 15) is 4.79 Å². The number of piperazine rings is 1. The summed E-state index contributed by atoms with van der Waals surface area (Å²) in [4.78, 5) is 35.3. The Hall–Kier alpha value is -4.16.